The highest BCUT2D eigenvalue weighted by Gasteiger charge is 2.10. The molecule has 32 heavy (non-hydrogen) atoms. The summed E-state index contributed by atoms with van der Waals surface area (Å²) in [7, 11) is 0. The predicted molar refractivity (Wildman–Crippen MR) is 126 cm³/mol. The van der Waals surface area contributed by atoms with Gasteiger partial charge in [-0.1, -0.05) is 12.1 Å². The Bertz CT molecular complexity index is 1330. The number of ether oxygens (including phenoxy) is 1. The quantitative estimate of drug-likeness (QED) is 0.262. The van der Waals surface area contributed by atoms with E-state index in [9.17, 15) is 4.79 Å². The number of anilines is 2. The van der Waals surface area contributed by atoms with Crippen LogP contribution < -0.4 is 10.1 Å². The molecule has 0 fully saturated rings. The van der Waals surface area contributed by atoms with Crippen molar-refractivity contribution in [1.29, 1.82) is 0 Å². The van der Waals surface area contributed by atoms with E-state index in [1.54, 1.807) is 30.5 Å². The Morgan fingerprint density at radius 3 is 2.53 bits per heavy atom. The van der Waals surface area contributed by atoms with Crippen molar-refractivity contribution in [3.05, 3.63) is 108 Å². The summed E-state index contributed by atoms with van der Waals surface area (Å²) in [6.07, 6.45) is 5.65. The molecule has 0 aliphatic heterocycles. The molecule has 0 bridgehead atoms. The fourth-order valence-corrected chi connectivity index (χ4v) is 3.89. The van der Waals surface area contributed by atoms with E-state index in [0.29, 0.717) is 11.3 Å². The number of aromatic nitrogens is 3. The minimum Gasteiger partial charge on any atom is -0.423 e. The van der Waals surface area contributed by atoms with Crippen LogP contribution in [0.1, 0.15) is 10.4 Å². The van der Waals surface area contributed by atoms with Crippen molar-refractivity contribution in [2.24, 2.45) is 0 Å². The van der Waals surface area contributed by atoms with Crippen LogP contribution in [0.5, 0.6) is 5.75 Å². The van der Waals surface area contributed by atoms with E-state index in [0.717, 1.165) is 27.9 Å². The maximum atomic E-state index is 12.6. The zero-order chi connectivity index (χ0) is 21.8. The fourth-order valence-electron chi connectivity index (χ4n) is 3.17. The Kier molecular flexibility index (Phi) is 5.47. The maximum Gasteiger partial charge on any atom is 0.343 e. The van der Waals surface area contributed by atoms with Crippen LogP contribution in [-0.4, -0.2) is 20.5 Å². The first-order valence-corrected chi connectivity index (χ1v) is 10.8. The van der Waals surface area contributed by atoms with E-state index in [4.69, 9.17) is 4.74 Å². The lowest BCUT2D eigenvalue weighted by molar-refractivity contribution is 0.0735. The molecule has 0 unspecified atom stereocenters. The zero-order valence-corrected chi connectivity index (χ0v) is 17.7. The molecule has 7 heteroatoms. The van der Waals surface area contributed by atoms with E-state index in [-0.39, 0.29) is 0 Å². The molecular formula is C25H18N4O2S. The van der Waals surface area contributed by atoms with Gasteiger partial charge in [0.15, 0.2) is 5.13 Å². The highest BCUT2D eigenvalue weighted by Crippen LogP contribution is 2.27. The van der Waals surface area contributed by atoms with Crippen LogP contribution in [0.15, 0.2) is 103 Å². The summed E-state index contributed by atoms with van der Waals surface area (Å²) in [4.78, 5) is 21.5. The van der Waals surface area contributed by atoms with E-state index < -0.39 is 5.97 Å². The molecule has 0 spiro atoms. The third-order valence-electron chi connectivity index (χ3n) is 4.73. The van der Waals surface area contributed by atoms with Gasteiger partial charge in [0.2, 0.25) is 0 Å². The van der Waals surface area contributed by atoms with Crippen molar-refractivity contribution < 1.29 is 9.53 Å². The van der Waals surface area contributed by atoms with Crippen LogP contribution in [0.25, 0.3) is 17.1 Å². The summed E-state index contributed by atoms with van der Waals surface area (Å²) in [6.45, 7) is 0. The SMILES string of the molecule is O=C(Oc1cccc(Nc2nc(-c3ccccn3)cs2)c1)c1ccc(-n2cccc2)cc1. The number of thiazole rings is 1. The molecule has 156 valence electrons. The number of hydrogen-bond acceptors (Lipinski definition) is 6. The molecule has 0 saturated heterocycles. The summed E-state index contributed by atoms with van der Waals surface area (Å²) in [6, 6.07) is 24.2. The Morgan fingerprint density at radius 2 is 1.75 bits per heavy atom. The van der Waals surface area contributed by atoms with Crippen LogP contribution in [0.2, 0.25) is 0 Å². The van der Waals surface area contributed by atoms with Crippen molar-refractivity contribution in [3.63, 3.8) is 0 Å². The van der Waals surface area contributed by atoms with Gasteiger partial charge in [-0.25, -0.2) is 9.78 Å². The number of pyridine rings is 1. The topological polar surface area (TPSA) is 69.0 Å². The Hall–Kier alpha value is -4.23. The molecule has 3 aromatic heterocycles. The van der Waals surface area contributed by atoms with E-state index in [1.807, 2.05) is 76.9 Å². The number of carbonyl (C=O) groups excluding carboxylic acids is 1. The molecule has 0 amide bonds. The standard InChI is InChI=1S/C25H18N4O2S/c30-24(18-9-11-20(12-10-18)29-14-3-4-15-29)31-21-7-5-6-19(16-21)27-25-28-23(17-32-25)22-8-1-2-13-26-22/h1-17H,(H,27,28). The number of nitrogens with one attached hydrogen (secondary N) is 1. The molecule has 3 heterocycles. The monoisotopic (exact) mass is 438 g/mol. The molecule has 5 rings (SSSR count). The van der Waals surface area contributed by atoms with Crippen molar-refractivity contribution in [2.75, 3.05) is 5.32 Å². The largest absolute Gasteiger partial charge is 0.423 e. The minimum absolute atomic E-state index is 0.409. The van der Waals surface area contributed by atoms with Crippen LogP contribution in [0, 0.1) is 0 Å². The second-order valence-electron chi connectivity index (χ2n) is 6.93. The second-order valence-corrected chi connectivity index (χ2v) is 7.79. The average molecular weight is 439 g/mol. The van der Waals surface area contributed by atoms with Crippen LogP contribution in [0.4, 0.5) is 10.8 Å². The molecule has 0 aliphatic rings. The molecule has 0 radical (unpaired) electrons. The van der Waals surface area contributed by atoms with Crippen molar-refractivity contribution in [1.82, 2.24) is 14.5 Å². The number of rotatable bonds is 6. The first kappa shape index (κ1) is 19.7. The summed E-state index contributed by atoms with van der Waals surface area (Å²) in [5.74, 6) is 0.0453. The molecule has 5 aromatic rings. The fraction of sp³-hybridized carbons (Fsp3) is 0. The third kappa shape index (κ3) is 4.43. The first-order valence-electron chi connectivity index (χ1n) is 9.94. The van der Waals surface area contributed by atoms with E-state index in [2.05, 4.69) is 15.3 Å². The summed E-state index contributed by atoms with van der Waals surface area (Å²) in [5.41, 5.74) is 3.87. The number of hydrogen-bond donors (Lipinski definition) is 1. The van der Waals surface area contributed by atoms with E-state index in [1.165, 1.54) is 11.3 Å². The van der Waals surface area contributed by atoms with Crippen LogP contribution in [-0.2, 0) is 0 Å². The Labute approximate surface area is 188 Å². The molecule has 0 aliphatic carbocycles. The summed E-state index contributed by atoms with van der Waals surface area (Å²) < 4.78 is 7.55. The van der Waals surface area contributed by atoms with Gasteiger partial charge in [-0.15, -0.1) is 11.3 Å². The summed E-state index contributed by atoms with van der Waals surface area (Å²) >= 11 is 1.48. The smallest absolute Gasteiger partial charge is 0.343 e. The summed E-state index contributed by atoms with van der Waals surface area (Å²) in [5, 5.41) is 5.94. The van der Waals surface area contributed by atoms with Gasteiger partial charge in [0.25, 0.3) is 0 Å². The van der Waals surface area contributed by atoms with Gasteiger partial charge < -0.3 is 14.6 Å². The molecule has 2 aromatic carbocycles. The normalized spacial score (nSPS) is 10.6. The van der Waals surface area contributed by atoms with Gasteiger partial charge in [-0.2, -0.15) is 0 Å². The number of benzene rings is 2. The number of esters is 1. The molecule has 0 saturated carbocycles. The number of nitrogens with zero attached hydrogens (tertiary/aromatic N) is 3. The number of carbonyl (C=O) groups is 1. The van der Waals surface area contributed by atoms with Gasteiger partial charge in [0.05, 0.1) is 11.3 Å². The first-order chi connectivity index (χ1) is 15.7. The Morgan fingerprint density at radius 1 is 0.906 bits per heavy atom. The molecular weight excluding hydrogens is 420 g/mol. The Balaban J connectivity index is 1.26. The maximum absolute atomic E-state index is 12.6. The van der Waals surface area contributed by atoms with Gasteiger partial charge in [0, 0.05) is 41.4 Å². The van der Waals surface area contributed by atoms with Crippen molar-refractivity contribution in [2.45, 2.75) is 0 Å². The lowest BCUT2D eigenvalue weighted by Crippen LogP contribution is -2.08. The molecule has 1 N–H and O–H groups in total. The lowest BCUT2D eigenvalue weighted by Gasteiger charge is -2.08. The second kappa shape index (κ2) is 8.87. The van der Waals surface area contributed by atoms with Crippen LogP contribution in [0.3, 0.4) is 0 Å². The van der Waals surface area contributed by atoms with Crippen LogP contribution >= 0.6 is 11.3 Å². The highest BCUT2D eigenvalue weighted by atomic mass is 32.1. The predicted octanol–water partition coefficient (Wildman–Crippen LogP) is 5.96. The average Bonchev–Trinajstić information content (AvgIpc) is 3.53. The van der Waals surface area contributed by atoms with Gasteiger partial charge >= 0.3 is 5.97 Å². The van der Waals surface area contributed by atoms with Gasteiger partial charge in [0.1, 0.15) is 11.4 Å². The van der Waals surface area contributed by atoms with Gasteiger partial charge in [-0.05, 0) is 60.7 Å². The van der Waals surface area contributed by atoms with Gasteiger partial charge in [-0.3, -0.25) is 4.98 Å². The van der Waals surface area contributed by atoms with Crippen molar-refractivity contribution >= 4 is 28.1 Å². The third-order valence-corrected chi connectivity index (χ3v) is 5.49. The molecule has 0 atom stereocenters. The zero-order valence-electron chi connectivity index (χ0n) is 16.9. The lowest BCUT2D eigenvalue weighted by atomic mass is 10.2. The minimum atomic E-state index is -0.409. The molecule has 6 nitrogen and oxygen atoms in total. The van der Waals surface area contributed by atoms with E-state index >= 15 is 0 Å². The highest BCUT2D eigenvalue weighted by molar-refractivity contribution is 7.14. The van der Waals surface area contributed by atoms with Crippen molar-refractivity contribution in [3.8, 4) is 22.8 Å².